The van der Waals surface area contributed by atoms with E-state index < -0.39 is 179 Å². The molecule has 2 aromatic rings. The van der Waals surface area contributed by atoms with Gasteiger partial charge in [0.25, 0.3) is 0 Å². The summed E-state index contributed by atoms with van der Waals surface area (Å²) in [6.45, 7) is 13.9. The number of carboxylic acids is 1. The fourth-order valence-corrected chi connectivity index (χ4v) is 14.5. The number of carboxylic acid groups (broad SMARTS) is 1. The summed E-state index contributed by atoms with van der Waals surface area (Å²) >= 11 is 0. The molecule has 10 N–H and O–H groups in total. The summed E-state index contributed by atoms with van der Waals surface area (Å²) in [4.78, 5) is 57.2. The number of carbonyl (C=O) groups excluding carboxylic acids is 3. The molecule has 0 saturated carbocycles. The Morgan fingerprint density at radius 1 is 0.698 bits per heavy atom. The highest BCUT2D eigenvalue weighted by molar-refractivity contribution is 6.31. The first-order valence-corrected chi connectivity index (χ1v) is 29.6. The van der Waals surface area contributed by atoms with E-state index in [2.05, 4.69) is 0 Å². The molecule has 6 aliphatic heterocycles. The predicted octanol–water partition coefficient (Wildman–Crippen LogP) is 2.10. The number of likely N-dealkylation sites (N-methyl/N-ethyl adjacent to an activating group) is 2. The molecule has 86 heavy (non-hydrogen) atoms. The lowest BCUT2D eigenvalue weighted by atomic mass is 9.72. The standard InChI is InChI=1S/C60H86N4O22/c1-24-45(68)31(63(9)10)18-36(76-24)80-33-21-57(5,74)20-29-40(33)48(71)42-43(47(29)70)49(72)41-28(46(42)69)14-15-30-52(41)85-56-50(73)44(64(11)12)55(60(30,8)86-56)84-39-23-59(7,62)54(27(4)79-39)83-38-22-58(6,61)53(26(3)78-38)82-37-19-32(75-13)51(25(2)77-37)81-35(67)17-16-34(65)66/h14-15,24-27,31-33,36-39,44-45,50-51,53-56,68,70-71,73-74H,16-23,61-62H2,1-13H3,(H,65,66)/t24?,25?,26?,27?,31?,32?,33?,36?,37?,38?,39?,44-,45?,50-,51?,53?,54?,55-,56?,57?,58?,59?,60+/m0/s1. The number of esters is 1. The molecule has 2 aliphatic carbocycles. The number of phenols is 2. The van der Waals surface area contributed by atoms with Crippen molar-refractivity contribution in [1.82, 2.24) is 9.80 Å². The van der Waals surface area contributed by atoms with Gasteiger partial charge in [0.15, 0.2) is 37.0 Å². The summed E-state index contributed by atoms with van der Waals surface area (Å²) in [6.07, 6.45) is -15.4. The fourth-order valence-electron chi connectivity index (χ4n) is 14.5. The summed E-state index contributed by atoms with van der Waals surface area (Å²) in [6, 6.07) is 1.81. The monoisotopic (exact) mass is 1210 g/mol. The zero-order valence-electron chi connectivity index (χ0n) is 51.0. The largest absolute Gasteiger partial charge is 0.507 e. The van der Waals surface area contributed by atoms with E-state index in [4.69, 9.17) is 73.4 Å². The smallest absolute Gasteiger partial charge is 0.306 e. The highest BCUT2D eigenvalue weighted by Gasteiger charge is 2.62. The van der Waals surface area contributed by atoms with Gasteiger partial charge in [-0.25, -0.2) is 0 Å². The van der Waals surface area contributed by atoms with E-state index in [9.17, 15) is 39.9 Å². The molecular weight excluding hydrogens is 1130 g/mol. The van der Waals surface area contributed by atoms with Crippen molar-refractivity contribution >= 4 is 23.5 Å². The van der Waals surface area contributed by atoms with Gasteiger partial charge in [-0.05, 0) is 89.6 Å². The van der Waals surface area contributed by atoms with Gasteiger partial charge in [0.2, 0.25) is 12.1 Å². The minimum atomic E-state index is -1.53. The number of hydrogen-bond donors (Lipinski definition) is 8. The fraction of sp³-hybridized carbons (Fsp3) is 0.733. The Morgan fingerprint density at radius 2 is 1.27 bits per heavy atom. The highest BCUT2D eigenvalue weighted by Crippen LogP contribution is 2.56. The van der Waals surface area contributed by atoms with Gasteiger partial charge < -0.3 is 109 Å². The molecule has 0 amide bonds. The molecule has 23 atom stereocenters. The molecule has 5 fully saturated rings. The van der Waals surface area contributed by atoms with E-state index in [1.165, 1.54) is 20.1 Å². The SMILES string of the molecule is COC1CC(OC2C(C)OC(OC3C(C)OC(O[C@H]4[C@@H](N(C)C)[C@H](O)C5Oc6c(ccc7c6C(=O)c6c(O)c8c(c(O)c6C7=O)C(OC6CC(N(C)C)C(O)C(C)O6)CC(C)(O)C8)[C@@]4(C)O5)CC3(C)N)CC2(C)N)OC(C)C1OC(=O)CCC(=O)O. The second-order valence-electron chi connectivity index (χ2n) is 26.3. The minimum Gasteiger partial charge on any atom is -0.507 e. The number of aliphatic hydroxyl groups is 3. The highest BCUT2D eigenvalue weighted by atomic mass is 16.8. The molecule has 478 valence electrons. The van der Waals surface area contributed by atoms with Crippen LogP contribution in [0.4, 0.5) is 0 Å². The molecule has 10 rings (SSSR count). The number of nitrogens with zero attached hydrogens (tertiary/aromatic N) is 2. The van der Waals surface area contributed by atoms with Crippen molar-refractivity contribution < 1.29 is 107 Å². The van der Waals surface area contributed by atoms with Gasteiger partial charge in [-0.1, -0.05) is 6.07 Å². The van der Waals surface area contributed by atoms with E-state index in [1.807, 2.05) is 25.9 Å². The molecule has 2 aromatic carbocycles. The van der Waals surface area contributed by atoms with Crippen LogP contribution < -0.4 is 16.2 Å². The maximum absolute atomic E-state index is 15.2. The number of phenolic OH excluding ortho intramolecular Hbond substituents is 2. The molecule has 26 heteroatoms. The zero-order valence-corrected chi connectivity index (χ0v) is 51.0. The van der Waals surface area contributed by atoms with E-state index >= 15 is 4.79 Å². The summed E-state index contributed by atoms with van der Waals surface area (Å²) < 4.78 is 76.2. The van der Waals surface area contributed by atoms with Crippen molar-refractivity contribution in [2.75, 3.05) is 35.3 Å². The number of methoxy groups -OCH3 is 1. The number of fused-ring (bicyclic) bond motifs is 8. The molecule has 6 heterocycles. The first-order valence-electron chi connectivity index (χ1n) is 29.6. The van der Waals surface area contributed by atoms with Crippen molar-refractivity contribution in [3.8, 4) is 17.2 Å². The average molecular weight is 1220 g/mol. The first kappa shape index (κ1) is 64.4. The zero-order chi connectivity index (χ0) is 62.8. The number of carbonyl (C=O) groups is 4. The number of hydrogen-bond acceptors (Lipinski definition) is 25. The van der Waals surface area contributed by atoms with E-state index in [1.54, 1.807) is 66.6 Å². The molecule has 8 aliphatic rings. The minimum absolute atomic E-state index is 0.00785. The summed E-state index contributed by atoms with van der Waals surface area (Å²) in [7, 11) is 8.63. The second-order valence-corrected chi connectivity index (χ2v) is 26.3. The topological polar surface area (TPSA) is 359 Å². The van der Waals surface area contributed by atoms with E-state index in [0.29, 0.717) is 0 Å². The van der Waals surface area contributed by atoms with E-state index in [-0.39, 0.29) is 91.0 Å². The Hall–Kier alpha value is -4.56. The van der Waals surface area contributed by atoms with Crippen molar-refractivity contribution in [3.63, 3.8) is 0 Å². The van der Waals surface area contributed by atoms with Crippen LogP contribution in [0.5, 0.6) is 17.2 Å². The number of aromatic hydroxyl groups is 2. The maximum atomic E-state index is 15.2. The van der Waals surface area contributed by atoms with Crippen LogP contribution in [0.3, 0.4) is 0 Å². The van der Waals surface area contributed by atoms with Gasteiger partial charge in [0, 0.05) is 85.0 Å². The molecule has 19 unspecified atom stereocenters. The van der Waals surface area contributed by atoms with Crippen LogP contribution in [0.2, 0.25) is 0 Å². The molecule has 0 spiro atoms. The Labute approximate surface area is 499 Å². The quantitative estimate of drug-likeness (QED) is 0.0798. The van der Waals surface area contributed by atoms with Crippen LogP contribution in [-0.2, 0) is 73.7 Å². The number of nitrogens with two attached hydrogens (primary N) is 2. The first-order chi connectivity index (χ1) is 40.2. The Bertz CT molecular complexity index is 2940. The van der Waals surface area contributed by atoms with Crippen molar-refractivity contribution in [3.05, 3.63) is 51.1 Å². The maximum Gasteiger partial charge on any atom is 0.306 e. The van der Waals surface area contributed by atoms with E-state index in [0.717, 1.165) is 0 Å². The molecular formula is C60H86N4O22. The summed E-state index contributed by atoms with van der Waals surface area (Å²) in [5.74, 6) is -4.78. The molecule has 26 nitrogen and oxygen atoms in total. The lowest BCUT2D eigenvalue weighted by Gasteiger charge is -2.56. The number of aliphatic carboxylic acids is 1. The van der Waals surface area contributed by atoms with Crippen molar-refractivity contribution in [1.29, 1.82) is 0 Å². The number of aliphatic hydroxyl groups excluding tert-OH is 2. The van der Waals surface area contributed by atoms with Gasteiger partial charge in [-0.15, -0.1) is 0 Å². The lowest BCUT2D eigenvalue weighted by molar-refractivity contribution is -0.359. The summed E-state index contributed by atoms with van der Waals surface area (Å²) in [5, 5.41) is 68.2. The average Bonchev–Trinajstić information content (AvgIpc) is 0.766. The van der Waals surface area contributed by atoms with Crippen LogP contribution in [0, 0.1) is 0 Å². The van der Waals surface area contributed by atoms with Gasteiger partial charge in [0.05, 0.1) is 77.8 Å². The van der Waals surface area contributed by atoms with Crippen LogP contribution in [0.25, 0.3) is 0 Å². The summed E-state index contributed by atoms with van der Waals surface area (Å²) in [5.41, 5.74) is 7.95. The second kappa shape index (κ2) is 23.7. The number of ether oxygens (including phenoxy) is 12. The van der Waals surface area contributed by atoms with Crippen LogP contribution in [-0.4, -0.2) is 227 Å². The predicted molar refractivity (Wildman–Crippen MR) is 299 cm³/mol. The molecule has 0 aromatic heterocycles. The molecule has 5 saturated heterocycles. The van der Waals surface area contributed by atoms with Crippen molar-refractivity contribution in [2.24, 2.45) is 11.5 Å². The van der Waals surface area contributed by atoms with Crippen LogP contribution in [0.1, 0.15) is 155 Å². The van der Waals surface area contributed by atoms with Crippen LogP contribution in [0.15, 0.2) is 12.1 Å². The van der Waals surface area contributed by atoms with Crippen molar-refractivity contribution in [2.45, 2.75) is 246 Å². The Morgan fingerprint density at radius 3 is 1.85 bits per heavy atom. The Kier molecular flexibility index (Phi) is 17.7. The normalized spacial score (nSPS) is 42.1. The third-order valence-electron chi connectivity index (χ3n) is 18.8. The third kappa shape index (κ3) is 11.7. The molecule has 2 bridgehead atoms. The van der Waals surface area contributed by atoms with Gasteiger partial charge in [0.1, 0.15) is 53.4 Å². The van der Waals surface area contributed by atoms with Gasteiger partial charge >= 0.3 is 11.9 Å². The third-order valence-corrected chi connectivity index (χ3v) is 18.8. The Balaban J connectivity index is 0.862. The number of ketones is 2. The van der Waals surface area contributed by atoms with Crippen LogP contribution >= 0.6 is 0 Å². The lowest BCUT2D eigenvalue weighted by Crippen LogP contribution is -2.70. The number of rotatable bonds is 15. The number of benzene rings is 2. The van der Waals surface area contributed by atoms with Gasteiger partial charge in [-0.3, -0.25) is 19.2 Å². The van der Waals surface area contributed by atoms with Gasteiger partial charge in [-0.2, -0.15) is 0 Å². The molecule has 0 radical (unpaired) electrons.